The molecule has 0 bridgehead atoms. The SMILES string of the molecule is CC(CCc1cccc(OCc2ccc3ccccc3n2)c1)Cc1nn[nH]n1. The number of hydrogen-bond acceptors (Lipinski definition) is 5. The van der Waals surface area contributed by atoms with Gasteiger partial charge in [0, 0.05) is 11.8 Å². The molecule has 0 amide bonds. The van der Waals surface area contributed by atoms with Gasteiger partial charge in [0.15, 0.2) is 5.82 Å². The van der Waals surface area contributed by atoms with E-state index >= 15 is 0 Å². The van der Waals surface area contributed by atoms with Crippen LogP contribution < -0.4 is 4.74 Å². The number of aromatic amines is 1. The van der Waals surface area contributed by atoms with E-state index in [4.69, 9.17) is 4.74 Å². The highest BCUT2D eigenvalue weighted by molar-refractivity contribution is 5.78. The van der Waals surface area contributed by atoms with Crippen LogP contribution in [0, 0.1) is 5.92 Å². The molecular formula is C22H23N5O. The van der Waals surface area contributed by atoms with Crippen LogP contribution in [0.3, 0.4) is 0 Å². The molecule has 4 aromatic rings. The van der Waals surface area contributed by atoms with Gasteiger partial charge in [-0.15, -0.1) is 10.2 Å². The monoisotopic (exact) mass is 373 g/mol. The molecular weight excluding hydrogens is 350 g/mol. The van der Waals surface area contributed by atoms with Gasteiger partial charge in [0.1, 0.15) is 12.4 Å². The predicted molar refractivity (Wildman–Crippen MR) is 108 cm³/mol. The molecule has 2 heterocycles. The largest absolute Gasteiger partial charge is 0.487 e. The van der Waals surface area contributed by atoms with Crippen LogP contribution in [0.25, 0.3) is 10.9 Å². The second kappa shape index (κ2) is 8.61. The number of aryl methyl sites for hydroxylation is 1. The highest BCUT2D eigenvalue weighted by atomic mass is 16.5. The normalized spacial score (nSPS) is 12.2. The second-order valence-electron chi connectivity index (χ2n) is 7.11. The lowest BCUT2D eigenvalue weighted by molar-refractivity contribution is 0.301. The Morgan fingerprint density at radius 3 is 2.86 bits per heavy atom. The van der Waals surface area contributed by atoms with E-state index in [1.165, 1.54) is 5.56 Å². The number of nitrogens with one attached hydrogen (secondary N) is 1. The van der Waals surface area contributed by atoms with Crippen LogP contribution in [0.1, 0.15) is 30.4 Å². The van der Waals surface area contributed by atoms with Crippen LogP contribution in [0.5, 0.6) is 5.75 Å². The standard InChI is InChI=1S/C22H23N5O/c1-16(13-22-24-26-27-25-22)9-10-17-5-4-7-20(14-17)28-15-19-12-11-18-6-2-3-8-21(18)23-19/h2-8,11-12,14,16H,9-10,13,15H2,1H3,(H,24,25,26,27). The Balaban J connectivity index is 1.32. The van der Waals surface area contributed by atoms with Gasteiger partial charge in [-0.2, -0.15) is 5.21 Å². The lowest BCUT2D eigenvalue weighted by atomic mass is 9.98. The van der Waals surface area contributed by atoms with E-state index in [9.17, 15) is 0 Å². The maximum atomic E-state index is 5.98. The number of nitrogens with zero attached hydrogens (tertiary/aromatic N) is 4. The summed E-state index contributed by atoms with van der Waals surface area (Å²) in [5.41, 5.74) is 3.19. The maximum Gasteiger partial charge on any atom is 0.174 e. The van der Waals surface area contributed by atoms with Gasteiger partial charge in [-0.1, -0.05) is 48.5 Å². The number of pyridine rings is 1. The van der Waals surface area contributed by atoms with E-state index in [0.29, 0.717) is 12.5 Å². The van der Waals surface area contributed by atoms with Gasteiger partial charge in [0.2, 0.25) is 0 Å². The molecule has 142 valence electrons. The molecule has 0 saturated heterocycles. The fourth-order valence-electron chi connectivity index (χ4n) is 3.23. The molecule has 0 saturated carbocycles. The minimum Gasteiger partial charge on any atom is -0.487 e. The number of benzene rings is 2. The van der Waals surface area contributed by atoms with E-state index < -0.39 is 0 Å². The van der Waals surface area contributed by atoms with Crippen LogP contribution >= 0.6 is 0 Å². The molecule has 0 aliphatic heterocycles. The first-order chi connectivity index (χ1) is 13.8. The summed E-state index contributed by atoms with van der Waals surface area (Å²) in [5, 5.41) is 15.3. The van der Waals surface area contributed by atoms with Gasteiger partial charge in [-0.3, -0.25) is 0 Å². The summed E-state index contributed by atoms with van der Waals surface area (Å²) in [6.45, 7) is 2.67. The summed E-state index contributed by atoms with van der Waals surface area (Å²) >= 11 is 0. The summed E-state index contributed by atoms with van der Waals surface area (Å²) < 4.78 is 5.98. The third kappa shape index (κ3) is 4.71. The molecule has 0 aliphatic rings. The summed E-state index contributed by atoms with van der Waals surface area (Å²) in [7, 11) is 0. The molecule has 0 fully saturated rings. The van der Waals surface area contributed by atoms with Crippen molar-refractivity contribution in [3.8, 4) is 5.75 Å². The van der Waals surface area contributed by atoms with Gasteiger partial charge < -0.3 is 4.74 Å². The Bertz CT molecular complexity index is 1030. The van der Waals surface area contributed by atoms with Crippen LogP contribution in [-0.2, 0) is 19.4 Å². The van der Waals surface area contributed by atoms with Gasteiger partial charge in [-0.25, -0.2) is 4.98 Å². The molecule has 6 heteroatoms. The predicted octanol–water partition coefficient (Wildman–Crippen LogP) is 4.14. The molecule has 1 unspecified atom stereocenters. The Hall–Kier alpha value is -3.28. The van der Waals surface area contributed by atoms with Crippen LogP contribution in [0.4, 0.5) is 0 Å². The van der Waals surface area contributed by atoms with Crippen molar-refractivity contribution in [3.63, 3.8) is 0 Å². The zero-order valence-corrected chi connectivity index (χ0v) is 15.9. The minimum absolute atomic E-state index is 0.461. The third-order valence-electron chi connectivity index (χ3n) is 4.79. The first-order valence-electron chi connectivity index (χ1n) is 9.55. The van der Waals surface area contributed by atoms with E-state index in [2.05, 4.69) is 56.8 Å². The Morgan fingerprint density at radius 1 is 1.04 bits per heavy atom. The van der Waals surface area contributed by atoms with Gasteiger partial charge >= 0.3 is 0 Å². The highest BCUT2D eigenvalue weighted by Crippen LogP contribution is 2.19. The summed E-state index contributed by atoms with van der Waals surface area (Å²) in [6.07, 6.45) is 2.88. The number of fused-ring (bicyclic) bond motifs is 1. The Kier molecular flexibility index (Phi) is 5.56. The number of tetrazole rings is 1. The number of rotatable bonds is 8. The van der Waals surface area contributed by atoms with E-state index in [1.54, 1.807) is 0 Å². The molecule has 1 atom stereocenters. The lowest BCUT2D eigenvalue weighted by Crippen LogP contribution is -2.04. The van der Waals surface area contributed by atoms with Gasteiger partial charge in [0.05, 0.1) is 11.2 Å². The molecule has 28 heavy (non-hydrogen) atoms. The first-order valence-corrected chi connectivity index (χ1v) is 9.55. The van der Waals surface area contributed by atoms with Crippen molar-refractivity contribution in [1.29, 1.82) is 0 Å². The first kappa shape index (κ1) is 18.1. The summed E-state index contributed by atoms with van der Waals surface area (Å²) in [6, 6.07) is 20.5. The average Bonchev–Trinajstić information content (AvgIpc) is 3.24. The van der Waals surface area contributed by atoms with Crippen molar-refractivity contribution in [3.05, 3.63) is 77.7 Å². The molecule has 2 aromatic carbocycles. The van der Waals surface area contributed by atoms with E-state index in [1.807, 2.05) is 36.4 Å². The smallest absolute Gasteiger partial charge is 0.174 e. The van der Waals surface area contributed by atoms with E-state index in [-0.39, 0.29) is 0 Å². The number of aromatic nitrogens is 5. The zero-order valence-electron chi connectivity index (χ0n) is 15.9. The minimum atomic E-state index is 0.461. The number of hydrogen-bond donors (Lipinski definition) is 1. The quantitative estimate of drug-likeness (QED) is 0.502. The molecule has 1 N–H and O–H groups in total. The molecule has 4 rings (SSSR count). The highest BCUT2D eigenvalue weighted by Gasteiger charge is 2.08. The number of H-pyrrole nitrogens is 1. The van der Waals surface area contributed by atoms with Crippen molar-refractivity contribution in [2.24, 2.45) is 5.92 Å². The van der Waals surface area contributed by atoms with Crippen LogP contribution in [0.15, 0.2) is 60.7 Å². The Labute approximate surface area is 164 Å². The maximum absolute atomic E-state index is 5.98. The average molecular weight is 373 g/mol. The molecule has 0 radical (unpaired) electrons. The van der Waals surface area contributed by atoms with E-state index in [0.717, 1.165) is 47.4 Å². The van der Waals surface area contributed by atoms with Crippen molar-refractivity contribution in [2.75, 3.05) is 0 Å². The molecule has 0 spiro atoms. The topological polar surface area (TPSA) is 76.6 Å². The van der Waals surface area contributed by atoms with Crippen LogP contribution in [0.2, 0.25) is 0 Å². The molecule has 0 aliphatic carbocycles. The van der Waals surface area contributed by atoms with Crippen molar-refractivity contribution in [1.82, 2.24) is 25.6 Å². The third-order valence-corrected chi connectivity index (χ3v) is 4.79. The van der Waals surface area contributed by atoms with Crippen molar-refractivity contribution in [2.45, 2.75) is 32.8 Å². The summed E-state index contributed by atoms with van der Waals surface area (Å²) in [4.78, 5) is 4.66. The fourth-order valence-corrected chi connectivity index (χ4v) is 3.23. The fraction of sp³-hybridized carbons (Fsp3) is 0.273. The number of ether oxygens (including phenoxy) is 1. The van der Waals surface area contributed by atoms with Gasteiger partial charge in [0.25, 0.3) is 0 Å². The van der Waals surface area contributed by atoms with Gasteiger partial charge in [-0.05, 0) is 48.6 Å². The van der Waals surface area contributed by atoms with Crippen LogP contribution in [-0.4, -0.2) is 25.6 Å². The summed E-state index contributed by atoms with van der Waals surface area (Å²) in [5.74, 6) is 2.13. The lowest BCUT2D eigenvalue weighted by Gasteiger charge is -2.11. The van der Waals surface area contributed by atoms with Crippen molar-refractivity contribution >= 4 is 10.9 Å². The second-order valence-corrected chi connectivity index (χ2v) is 7.11. The molecule has 2 aromatic heterocycles. The Morgan fingerprint density at radius 2 is 1.96 bits per heavy atom. The zero-order chi connectivity index (χ0) is 19.2. The molecule has 6 nitrogen and oxygen atoms in total. The number of para-hydroxylation sites is 1. The van der Waals surface area contributed by atoms with Crippen molar-refractivity contribution < 1.29 is 4.74 Å².